The number of carbonyl (C=O) groups excluding carboxylic acids is 2. The molecule has 1 aliphatic heterocycles. The zero-order valence-electron chi connectivity index (χ0n) is 14.2. The third kappa shape index (κ3) is 4.04. The Balaban J connectivity index is 1.60. The number of piperidine rings is 1. The van der Waals surface area contributed by atoms with Crippen LogP contribution in [0.3, 0.4) is 0 Å². The third-order valence-electron chi connectivity index (χ3n) is 4.22. The molecule has 2 aromatic rings. The zero-order valence-corrected chi connectivity index (χ0v) is 14.2. The largest absolute Gasteiger partial charge is 0.454 e. The molecule has 1 saturated heterocycles. The molecule has 0 aliphatic carbocycles. The van der Waals surface area contributed by atoms with Crippen LogP contribution in [0.4, 0.5) is 0 Å². The minimum absolute atomic E-state index is 0.0224. The van der Waals surface area contributed by atoms with Crippen LogP contribution in [0.1, 0.15) is 38.5 Å². The zero-order chi connectivity index (χ0) is 17.6. The first-order valence-electron chi connectivity index (χ1n) is 8.53. The maximum absolute atomic E-state index is 12.4. The average molecular weight is 343 g/mol. The molecule has 132 valence electrons. The van der Waals surface area contributed by atoms with Crippen molar-refractivity contribution in [2.24, 2.45) is 0 Å². The Kier molecular flexibility index (Phi) is 5.42. The molecular formula is C18H21N3O4. The second kappa shape index (κ2) is 7.92. The van der Waals surface area contributed by atoms with Crippen LogP contribution in [0, 0.1) is 0 Å². The van der Waals surface area contributed by atoms with Gasteiger partial charge in [0.2, 0.25) is 11.8 Å². The molecule has 0 bridgehead atoms. The Bertz CT molecular complexity index is 729. The fourth-order valence-corrected chi connectivity index (χ4v) is 2.92. The highest BCUT2D eigenvalue weighted by Crippen LogP contribution is 2.21. The number of likely N-dealkylation sites (tertiary alicyclic amines) is 1. The van der Waals surface area contributed by atoms with Gasteiger partial charge in [-0.15, -0.1) is 10.2 Å². The topological polar surface area (TPSA) is 85.5 Å². The molecule has 1 aromatic carbocycles. The first kappa shape index (κ1) is 17.1. The fraction of sp³-hybridized carbons (Fsp3) is 0.444. The maximum atomic E-state index is 12.4. The number of amides is 1. The molecule has 2 heterocycles. The van der Waals surface area contributed by atoms with E-state index in [-0.39, 0.29) is 18.4 Å². The first-order chi connectivity index (χ1) is 12.2. The van der Waals surface area contributed by atoms with Gasteiger partial charge < -0.3 is 14.1 Å². The predicted octanol–water partition coefficient (Wildman–Crippen LogP) is 2.57. The number of rotatable bonds is 5. The normalized spacial score (nSPS) is 17.3. The highest BCUT2D eigenvalue weighted by Gasteiger charge is 2.32. The molecule has 0 N–H and O–H groups in total. The number of esters is 1. The highest BCUT2D eigenvalue weighted by molar-refractivity contribution is 5.84. The Labute approximate surface area is 146 Å². The maximum Gasteiger partial charge on any atom is 0.329 e. The Morgan fingerprint density at radius 1 is 1.24 bits per heavy atom. The number of ether oxygens (including phenoxy) is 1. The molecule has 1 amide bonds. The van der Waals surface area contributed by atoms with Gasteiger partial charge >= 0.3 is 5.97 Å². The van der Waals surface area contributed by atoms with Crippen LogP contribution in [0.25, 0.3) is 11.5 Å². The summed E-state index contributed by atoms with van der Waals surface area (Å²) in [4.78, 5) is 26.0. The van der Waals surface area contributed by atoms with E-state index in [9.17, 15) is 9.59 Å². The van der Waals surface area contributed by atoms with E-state index >= 15 is 0 Å². The number of benzene rings is 1. The van der Waals surface area contributed by atoms with Gasteiger partial charge in [0.15, 0.2) is 6.61 Å². The quantitative estimate of drug-likeness (QED) is 0.776. The van der Waals surface area contributed by atoms with Gasteiger partial charge in [0.1, 0.15) is 6.04 Å². The Morgan fingerprint density at radius 3 is 2.80 bits per heavy atom. The van der Waals surface area contributed by atoms with Crippen LogP contribution in [-0.4, -0.2) is 39.6 Å². The van der Waals surface area contributed by atoms with Crippen molar-refractivity contribution in [3.63, 3.8) is 0 Å². The van der Waals surface area contributed by atoms with E-state index in [1.165, 1.54) is 0 Å². The second-order valence-corrected chi connectivity index (χ2v) is 5.93. The summed E-state index contributed by atoms with van der Waals surface area (Å²) in [5.41, 5.74) is 0.805. The summed E-state index contributed by atoms with van der Waals surface area (Å²) in [6.45, 7) is 2.30. The highest BCUT2D eigenvalue weighted by atomic mass is 16.5. The number of hydrogen-bond acceptors (Lipinski definition) is 6. The van der Waals surface area contributed by atoms with E-state index in [0.717, 1.165) is 18.4 Å². The van der Waals surface area contributed by atoms with Crippen molar-refractivity contribution < 1.29 is 18.7 Å². The number of carbonyl (C=O) groups is 2. The molecular weight excluding hydrogens is 322 g/mol. The van der Waals surface area contributed by atoms with E-state index in [1.54, 1.807) is 11.8 Å². The molecule has 1 aromatic heterocycles. The first-order valence-corrected chi connectivity index (χ1v) is 8.53. The van der Waals surface area contributed by atoms with E-state index < -0.39 is 12.0 Å². The van der Waals surface area contributed by atoms with Crippen molar-refractivity contribution >= 4 is 11.9 Å². The van der Waals surface area contributed by atoms with Crippen LogP contribution in [-0.2, 0) is 20.9 Å². The van der Waals surface area contributed by atoms with Crippen molar-refractivity contribution in [2.75, 3.05) is 6.54 Å². The second-order valence-electron chi connectivity index (χ2n) is 5.93. The summed E-state index contributed by atoms with van der Waals surface area (Å²) in [6.07, 6.45) is 2.84. The molecule has 0 saturated carbocycles. The minimum Gasteiger partial charge on any atom is -0.454 e. The van der Waals surface area contributed by atoms with Gasteiger partial charge in [0.25, 0.3) is 5.89 Å². The van der Waals surface area contributed by atoms with Gasteiger partial charge in [-0.05, 0) is 31.4 Å². The average Bonchev–Trinajstić information content (AvgIpc) is 3.15. The SMILES string of the molecule is CCC(=O)N1CCCCC1C(=O)OCc1nnc(-c2ccccc2)o1. The van der Waals surface area contributed by atoms with E-state index in [4.69, 9.17) is 9.15 Å². The molecule has 1 atom stereocenters. The molecule has 3 rings (SSSR count). The summed E-state index contributed by atoms with van der Waals surface area (Å²) in [7, 11) is 0. The van der Waals surface area contributed by atoms with Crippen molar-refractivity contribution in [1.29, 1.82) is 0 Å². The summed E-state index contributed by atoms with van der Waals surface area (Å²) < 4.78 is 10.8. The number of nitrogens with zero attached hydrogens (tertiary/aromatic N) is 3. The van der Waals surface area contributed by atoms with E-state index in [0.29, 0.717) is 25.3 Å². The van der Waals surface area contributed by atoms with Crippen molar-refractivity contribution in [3.05, 3.63) is 36.2 Å². The Morgan fingerprint density at radius 2 is 2.04 bits per heavy atom. The summed E-state index contributed by atoms with van der Waals surface area (Å²) in [5, 5.41) is 7.87. The smallest absolute Gasteiger partial charge is 0.329 e. The van der Waals surface area contributed by atoms with Gasteiger partial charge in [-0.3, -0.25) is 4.79 Å². The van der Waals surface area contributed by atoms with Crippen LogP contribution in [0.2, 0.25) is 0 Å². The van der Waals surface area contributed by atoms with Gasteiger partial charge in [-0.2, -0.15) is 0 Å². The van der Waals surface area contributed by atoms with Crippen LogP contribution in [0.5, 0.6) is 0 Å². The molecule has 25 heavy (non-hydrogen) atoms. The van der Waals surface area contributed by atoms with Crippen LogP contribution < -0.4 is 0 Å². The van der Waals surface area contributed by atoms with Crippen molar-refractivity contribution in [2.45, 2.75) is 45.3 Å². The van der Waals surface area contributed by atoms with E-state index in [1.807, 2.05) is 30.3 Å². The fourth-order valence-electron chi connectivity index (χ4n) is 2.92. The molecule has 0 radical (unpaired) electrons. The predicted molar refractivity (Wildman–Crippen MR) is 89.2 cm³/mol. The molecule has 1 unspecified atom stereocenters. The summed E-state index contributed by atoms with van der Waals surface area (Å²) in [6, 6.07) is 8.86. The lowest BCUT2D eigenvalue weighted by atomic mass is 10.0. The monoisotopic (exact) mass is 343 g/mol. The number of hydrogen-bond donors (Lipinski definition) is 0. The summed E-state index contributed by atoms with van der Waals surface area (Å²) >= 11 is 0. The van der Waals surface area contributed by atoms with Crippen LogP contribution in [0.15, 0.2) is 34.7 Å². The molecule has 0 spiro atoms. The Hall–Kier alpha value is -2.70. The minimum atomic E-state index is -0.516. The lowest BCUT2D eigenvalue weighted by molar-refractivity contribution is -0.158. The van der Waals surface area contributed by atoms with Gasteiger partial charge in [0, 0.05) is 18.5 Å². The molecule has 1 aliphatic rings. The van der Waals surface area contributed by atoms with E-state index in [2.05, 4.69) is 10.2 Å². The molecule has 1 fully saturated rings. The van der Waals surface area contributed by atoms with Gasteiger partial charge in [-0.25, -0.2) is 4.79 Å². The third-order valence-corrected chi connectivity index (χ3v) is 4.22. The van der Waals surface area contributed by atoms with Gasteiger partial charge in [-0.1, -0.05) is 25.1 Å². The molecule has 7 heteroatoms. The van der Waals surface area contributed by atoms with Gasteiger partial charge in [0.05, 0.1) is 0 Å². The van der Waals surface area contributed by atoms with Crippen molar-refractivity contribution in [1.82, 2.24) is 15.1 Å². The number of aromatic nitrogens is 2. The standard InChI is InChI=1S/C18H21N3O4/c1-2-16(22)21-11-7-6-10-14(21)18(23)24-12-15-19-20-17(25-15)13-8-4-3-5-9-13/h3-5,8-9,14H,2,6-7,10-12H2,1H3. The van der Waals surface area contributed by atoms with Crippen LogP contribution >= 0.6 is 0 Å². The lowest BCUT2D eigenvalue weighted by Crippen LogP contribution is -2.48. The van der Waals surface area contributed by atoms with Crippen molar-refractivity contribution in [3.8, 4) is 11.5 Å². The molecule has 7 nitrogen and oxygen atoms in total. The lowest BCUT2D eigenvalue weighted by Gasteiger charge is -2.33. The summed E-state index contributed by atoms with van der Waals surface area (Å²) in [5.74, 6) is 0.176.